The van der Waals surface area contributed by atoms with Crippen molar-refractivity contribution in [1.82, 2.24) is 4.90 Å². The van der Waals surface area contributed by atoms with Crippen molar-refractivity contribution in [3.05, 3.63) is 54.1 Å². The Labute approximate surface area is 138 Å². The molecule has 4 heteroatoms. The second-order valence-electron chi connectivity index (χ2n) is 5.08. The standard InChI is InChI=1S/C19H24N2O2/c1-4-21(5-2)18-16(13-10-14-17(18)23-6-3)19(22)20-15-11-8-7-9-12-15/h7-14H,4-6H2,1-3H3,(H,20,22)/q+1. The van der Waals surface area contributed by atoms with E-state index in [-0.39, 0.29) is 5.91 Å². The van der Waals surface area contributed by atoms with Crippen LogP contribution in [0.1, 0.15) is 31.1 Å². The predicted octanol–water partition coefficient (Wildman–Crippen LogP) is 4.15. The molecule has 0 saturated heterocycles. The number of carbonyl (C=O) groups is 1. The van der Waals surface area contributed by atoms with Crippen molar-refractivity contribution < 1.29 is 9.53 Å². The summed E-state index contributed by atoms with van der Waals surface area (Å²) in [6, 6.07) is 15.1. The molecular formula is C19H24N2O2+. The molecule has 0 aliphatic heterocycles. The lowest BCUT2D eigenvalue weighted by atomic mass is 10.1. The van der Waals surface area contributed by atoms with Crippen LogP contribution in [0.3, 0.4) is 0 Å². The normalized spacial score (nSPS) is 10.6. The summed E-state index contributed by atoms with van der Waals surface area (Å²) in [7, 11) is 0. The first-order valence-corrected chi connectivity index (χ1v) is 8.08. The van der Waals surface area contributed by atoms with E-state index < -0.39 is 0 Å². The van der Waals surface area contributed by atoms with Gasteiger partial charge < -0.3 is 10.1 Å². The molecule has 0 aromatic heterocycles. The maximum Gasteiger partial charge on any atom is 0.262 e. The van der Waals surface area contributed by atoms with Crippen LogP contribution in [0.2, 0.25) is 0 Å². The van der Waals surface area contributed by atoms with Crippen LogP contribution in [-0.2, 0) is 0 Å². The first kappa shape index (κ1) is 17.0. The summed E-state index contributed by atoms with van der Waals surface area (Å²) < 4.78 is 5.74. The molecule has 0 heterocycles. The zero-order valence-electron chi connectivity index (χ0n) is 14.0. The van der Waals surface area contributed by atoms with Crippen LogP contribution >= 0.6 is 0 Å². The summed E-state index contributed by atoms with van der Waals surface area (Å²) in [5, 5.41) is 2.95. The number of para-hydroxylation sites is 2. The van der Waals surface area contributed by atoms with Crippen molar-refractivity contribution in [1.29, 1.82) is 0 Å². The Morgan fingerprint density at radius 3 is 2.30 bits per heavy atom. The van der Waals surface area contributed by atoms with E-state index in [9.17, 15) is 4.79 Å². The molecule has 121 valence electrons. The Bertz CT molecular complexity index is 637. The van der Waals surface area contributed by atoms with Crippen LogP contribution in [-0.4, -0.2) is 25.6 Å². The minimum atomic E-state index is -0.125. The molecule has 2 aromatic carbocycles. The van der Waals surface area contributed by atoms with E-state index in [0.29, 0.717) is 12.2 Å². The van der Waals surface area contributed by atoms with Gasteiger partial charge in [0, 0.05) is 5.69 Å². The van der Waals surface area contributed by atoms with Crippen LogP contribution < -0.4 is 15.0 Å². The fourth-order valence-electron chi connectivity index (χ4n) is 2.56. The van der Waals surface area contributed by atoms with Crippen molar-refractivity contribution in [3.8, 4) is 5.75 Å². The lowest BCUT2D eigenvalue weighted by molar-refractivity contribution is 0.102. The molecule has 0 unspecified atom stereocenters. The van der Waals surface area contributed by atoms with E-state index in [1.807, 2.05) is 55.5 Å². The van der Waals surface area contributed by atoms with Gasteiger partial charge in [-0.15, -0.1) is 4.90 Å². The summed E-state index contributed by atoms with van der Waals surface area (Å²) in [6.07, 6.45) is 0. The second kappa shape index (κ2) is 8.34. The van der Waals surface area contributed by atoms with E-state index >= 15 is 0 Å². The van der Waals surface area contributed by atoms with Gasteiger partial charge in [-0.2, -0.15) is 0 Å². The first-order chi connectivity index (χ1) is 11.2. The fourth-order valence-corrected chi connectivity index (χ4v) is 2.56. The topological polar surface area (TPSA) is 44.2 Å². The van der Waals surface area contributed by atoms with Crippen molar-refractivity contribution in [2.75, 3.05) is 25.0 Å². The quantitative estimate of drug-likeness (QED) is 0.781. The summed E-state index contributed by atoms with van der Waals surface area (Å²) in [5.41, 5.74) is 2.26. The highest BCUT2D eigenvalue weighted by molar-refractivity contribution is 6.08. The van der Waals surface area contributed by atoms with Gasteiger partial charge >= 0.3 is 0 Å². The zero-order chi connectivity index (χ0) is 16.7. The van der Waals surface area contributed by atoms with Crippen molar-refractivity contribution in [2.45, 2.75) is 20.8 Å². The number of nitrogens with zero attached hydrogens (tertiary/aromatic N) is 1. The Hall–Kier alpha value is -2.33. The van der Waals surface area contributed by atoms with Gasteiger partial charge in [0.05, 0.1) is 6.61 Å². The highest BCUT2D eigenvalue weighted by Gasteiger charge is 2.28. The minimum absolute atomic E-state index is 0.125. The molecule has 23 heavy (non-hydrogen) atoms. The third-order valence-electron chi connectivity index (χ3n) is 3.65. The van der Waals surface area contributed by atoms with E-state index in [1.165, 1.54) is 0 Å². The van der Waals surface area contributed by atoms with Crippen LogP contribution in [0.4, 0.5) is 11.4 Å². The average Bonchev–Trinajstić information content (AvgIpc) is 2.58. The monoisotopic (exact) mass is 312 g/mol. The maximum atomic E-state index is 12.7. The Morgan fingerprint density at radius 1 is 1.00 bits per heavy atom. The number of ether oxygens (including phenoxy) is 1. The van der Waals surface area contributed by atoms with Gasteiger partial charge in [-0.3, -0.25) is 4.79 Å². The summed E-state index contributed by atoms with van der Waals surface area (Å²) in [5.74, 6) is 0.622. The highest BCUT2D eigenvalue weighted by atomic mass is 16.5. The van der Waals surface area contributed by atoms with Gasteiger partial charge in [0.25, 0.3) is 5.91 Å². The molecule has 2 rings (SSSR count). The molecule has 1 N–H and O–H groups in total. The van der Waals surface area contributed by atoms with E-state index in [4.69, 9.17) is 4.74 Å². The van der Waals surface area contributed by atoms with Crippen molar-refractivity contribution in [2.24, 2.45) is 0 Å². The summed E-state index contributed by atoms with van der Waals surface area (Å²) >= 11 is 0. The fraction of sp³-hybridized carbons (Fsp3) is 0.316. The molecule has 0 atom stereocenters. The number of anilines is 2. The molecule has 1 radical (unpaired) electrons. The number of rotatable bonds is 7. The predicted molar refractivity (Wildman–Crippen MR) is 94.9 cm³/mol. The number of hydrogen-bond acceptors (Lipinski definition) is 3. The molecule has 0 aliphatic rings. The Balaban J connectivity index is 2.40. The van der Waals surface area contributed by atoms with E-state index in [0.717, 1.165) is 30.2 Å². The molecule has 4 nitrogen and oxygen atoms in total. The van der Waals surface area contributed by atoms with Crippen LogP contribution in [0.15, 0.2) is 48.5 Å². The molecule has 2 aromatic rings. The second-order valence-corrected chi connectivity index (χ2v) is 5.08. The molecule has 0 bridgehead atoms. The van der Waals surface area contributed by atoms with E-state index in [2.05, 4.69) is 24.1 Å². The summed E-state index contributed by atoms with van der Waals surface area (Å²) in [6.45, 7) is 8.29. The molecular weight excluding hydrogens is 288 g/mol. The lowest BCUT2D eigenvalue weighted by Crippen LogP contribution is -2.27. The average molecular weight is 312 g/mol. The van der Waals surface area contributed by atoms with Crippen LogP contribution in [0, 0.1) is 0 Å². The molecule has 0 aliphatic carbocycles. The number of nitrogens with one attached hydrogen (secondary N) is 1. The maximum absolute atomic E-state index is 12.7. The van der Waals surface area contributed by atoms with Crippen LogP contribution in [0.5, 0.6) is 5.75 Å². The highest BCUT2D eigenvalue weighted by Crippen LogP contribution is 2.32. The molecule has 1 amide bonds. The number of amides is 1. The molecule has 0 fully saturated rings. The van der Waals surface area contributed by atoms with Gasteiger partial charge in [-0.1, -0.05) is 24.3 Å². The number of hydrogen-bond donors (Lipinski definition) is 1. The Morgan fingerprint density at radius 2 is 1.70 bits per heavy atom. The largest absolute Gasteiger partial charge is 0.488 e. The third kappa shape index (κ3) is 4.11. The molecule has 0 saturated carbocycles. The smallest absolute Gasteiger partial charge is 0.262 e. The SMILES string of the molecule is CCOc1cccc(C(=O)Nc2ccccc2)c1[N+](CC)CC. The van der Waals surface area contributed by atoms with E-state index in [1.54, 1.807) is 0 Å². The minimum Gasteiger partial charge on any atom is -0.488 e. The van der Waals surface area contributed by atoms with Gasteiger partial charge in [-0.25, -0.2) is 0 Å². The van der Waals surface area contributed by atoms with Gasteiger partial charge in [0.2, 0.25) is 5.69 Å². The zero-order valence-corrected chi connectivity index (χ0v) is 14.0. The van der Waals surface area contributed by atoms with Crippen molar-refractivity contribution >= 4 is 17.3 Å². The molecule has 0 spiro atoms. The van der Waals surface area contributed by atoms with Gasteiger partial charge in [-0.05, 0) is 45.0 Å². The Kier molecular flexibility index (Phi) is 6.18. The van der Waals surface area contributed by atoms with Gasteiger partial charge in [0.1, 0.15) is 18.7 Å². The van der Waals surface area contributed by atoms with Gasteiger partial charge in [0.15, 0.2) is 5.75 Å². The van der Waals surface area contributed by atoms with Crippen LogP contribution in [0.25, 0.3) is 0 Å². The third-order valence-corrected chi connectivity index (χ3v) is 3.65. The van der Waals surface area contributed by atoms with Crippen molar-refractivity contribution in [3.63, 3.8) is 0 Å². The number of benzene rings is 2. The summed E-state index contributed by atoms with van der Waals surface area (Å²) in [4.78, 5) is 14.9. The lowest BCUT2D eigenvalue weighted by Gasteiger charge is -2.16. The first-order valence-electron chi connectivity index (χ1n) is 8.08. The number of carbonyl (C=O) groups excluding carboxylic acids is 1.